The summed E-state index contributed by atoms with van der Waals surface area (Å²) in [5, 5.41) is 6.82. The number of sulfonamides is 1. The van der Waals surface area contributed by atoms with E-state index in [0.29, 0.717) is 24.5 Å². The Morgan fingerprint density at radius 3 is 2.34 bits per heavy atom. The van der Waals surface area contributed by atoms with Gasteiger partial charge in [-0.3, -0.25) is 0 Å². The minimum absolute atomic E-state index is 0.0615. The summed E-state index contributed by atoms with van der Waals surface area (Å²) in [6, 6.07) is 3.99. The van der Waals surface area contributed by atoms with Gasteiger partial charge in [0.15, 0.2) is 0 Å². The molecule has 6 nitrogen and oxygen atoms in total. The van der Waals surface area contributed by atoms with Gasteiger partial charge in [-0.2, -0.15) is 4.31 Å². The van der Waals surface area contributed by atoms with Gasteiger partial charge in [-0.1, -0.05) is 29.6 Å². The number of benzene rings is 1. The number of halogens is 2. The lowest BCUT2D eigenvalue weighted by atomic mass is 9.53. The Morgan fingerprint density at radius 2 is 1.72 bits per heavy atom. The Balaban J connectivity index is 1.24. The van der Waals surface area contributed by atoms with E-state index in [1.54, 1.807) is 0 Å². The van der Waals surface area contributed by atoms with Crippen LogP contribution in [0.4, 0.5) is 4.79 Å². The number of piperidine rings is 1. The molecule has 1 saturated heterocycles. The van der Waals surface area contributed by atoms with Crippen molar-refractivity contribution in [2.45, 2.75) is 74.3 Å². The second kappa shape index (κ2) is 8.64. The Bertz CT molecular complexity index is 965. The molecule has 9 heteroatoms. The summed E-state index contributed by atoms with van der Waals surface area (Å²) in [6.07, 6.45) is 9.67. The van der Waals surface area contributed by atoms with E-state index in [0.717, 1.165) is 49.9 Å². The molecule has 4 bridgehead atoms. The number of urea groups is 1. The molecule has 1 aromatic carbocycles. The molecule has 1 unspecified atom stereocenters. The zero-order valence-electron chi connectivity index (χ0n) is 18.2. The number of carbonyl (C=O) groups is 1. The number of hydrogen-bond acceptors (Lipinski definition) is 3. The quantitative estimate of drug-likeness (QED) is 0.610. The summed E-state index contributed by atoms with van der Waals surface area (Å²) in [6.45, 7) is 0.715. The van der Waals surface area contributed by atoms with Gasteiger partial charge in [0.2, 0.25) is 10.0 Å². The minimum Gasteiger partial charge on any atom is -0.337 e. The molecule has 1 aliphatic heterocycles. The normalized spacial score (nSPS) is 34.4. The molecule has 5 aliphatic rings. The van der Waals surface area contributed by atoms with E-state index in [2.05, 4.69) is 10.6 Å². The van der Waals surface area contributed by atoms with Gasteiger partial charge < -0.3 is 10.6 Å². The van der Waals surface area contributed by atoms with E-state index in [4.69, 9.17) is 23.2 Å². The highest BCUT2D eigenvalue weighted by atomic mass is 35.5. The van der Waals surface area contributed by atoms with Crippen LogP contribution in [0.2, 0.25) is 10.0 Å². The van der Waals surface area contributed by atoms with Crippen LogP contribution in [-0.4, -0.2) is 43.4 Å². The molecule has 1 atom stereocenters. The molecule has 4 aliphatic carbocycles. The third-order valence-corrected chi connectivity index (χ3v) is 10.6. The first-order valence-electron chi connectivity index (χ1n) is 11.8. The van der Waals surface area contributed by atoms with Gasteiger partial charge in [0.05, 0.1) is 5.02 Å². The van der Waals surface area contributed by atoms with Crippen LogP contribution in [0, 0.1) is 17.8 Å². The van der Waals surface area contributed by atoms with Crippen LogP contribution >= 0.6 is 23.2 Å². The van der Waals surface area contributed by atoms with Crippen LogP contribution < -0.4 is 10.6 Å². The fraction of sp³-hybridized carbons (Fsp3) is 0.696. The number of rotatable bonds is 5. The average molecular weight is 500 g/mol. The predicted molar refractivity (Wildman–Crippen MR) is 125 cm³/mol. The van der Waals surface area contributed by atoms with Crippen LogP contribution in [0.3, 0.4) is 0 Å². The van der Waals surface area contributed by atoms with Gasteiger partial charge in [-0.05, 0) is 87.3 Å². The number of hydrogen-bond donors (Lipinski definition) is 2. The molecular weight excluding hydrogens is 469 g/mol. The zero-order valence-corrected chi connectivity index (χ0v) is 20.5. The van der Waals surface area contributed by atoms with Gasteiger partial charge in [-0.25, -0.2) is 13.2 Å². The zero-order chi connectivity index (χ0) is 22.5. The first-order chi connectivity index (χ1) is 15.2. The van der Waals surface area contributed by atoms with Crippen molar-refractivity contribution in [3.05, 3.63) is 28.2 Å². The smallest absolute Gasteiger partial charge is 0.315 e. The highest BCUT2D eigenvalue weighted by molar-refractivity contribution is 7.89. The number of nitrogens with zero attached hydrogens (tertiary/aromatic N) is 1. The number of nitrogens with one attached hydrogen (secondary N) is 2. The van der Waals surface area contributed by atoms with Gasteiger partial charge in [-0.15, -0.1) is 0 Å². The second-order valence-corrected chi connectivity index (χ2v) is 13.1. The number of carbonyl (C=O) groups excluding carboxylic acids is 1. The van der Waals surface area contributed by atoms with Crippen molar-refractivity contribution in [2.24, 2.45) is 17.8 Å². The third kappa shape index (κ3) is 4.38. The fourth-order valence-electron chi connectivity index (χ4n) is 7.06. The summed E-state index contributed by atoms with van der Waals surface area (Å²) in [5.41, 5.74) is -0.0615. The molecule has 0 spiro atoms. The van der Waals surface area contributed by atoms with E-state index in [-0.39, 0.29) is 27.5 Å². The molecule has 5 fully saturated rings. The molecule has 0 radical (unpaired) electrons. The van der Waals surface area contributed by atoms with Crippen molar-refractivity contribution < 1.29 is 13.2 Å². The van der Waals surface area contributed by atoms with Crippen molar-refractivity contribution in [3.63, 3.8) is 0 Å². The summed E-state index contributed by atoms with van der Waals surface area (Å²) in [5.74, 6) is 2.26. The molecule has 32 heavy (non-hydrogen) atoms. The maximum Gasteiger partial charge on any atom is 0.315 e. The number of amides is 2. The lowest BCUT2D eigenvalue weighted by molar-refractivity contribution is -0.0135. The topological polar surface area (TPSA) is 78.5 Å². The molecule has 6 rings (SSSR count). The molecule has 176 valence electrons. The van der Waals surface area contributed by atoms with Crippen molar-refractivity contribution in [1.82, 2.24) is 14.9 Å². The molecular formula is C23H31Cl2N3O3S. The van der Waals surface area contributed by atoms with Crippen LogP contribution in [0.1, 0.15) is 57.8 Å². The Morgan fingerprint density at radius 1 is 1.06 bits per heavy atom. The van der Waals surface area contributed by atoms with E-state index in [9.17, 15) is 13.2 Å². The predicted octanol–water partition coefficient (Wildman–Crippen LogP) is 4.80. The van der Waals surface area contributed by atoms with Crippen molar-refractivity contribution >= 4 is 39.3 Å². The minimum atomic E-state index is -3.78. The summed E-state index contributed by atoms with van der Waals surface area (Å²) < 4.78 is 28.2. The lowest BCUT2D eigenvalue weighted by Crippen LogP contribution is -2.62. The Labute approximate surface area is 200 Å². The average Bonchev–Trinajstić information content (AvgIpc) is 2.71. The molecule has 0 aromatic heterocycles. The van der Waals surface area contributed by atoms with Crippen molar-refractivity contribution in [3.8, 4) is 0 Å². The van der Waals surface area contributed by atoms with E-state index in [1.807, 2.05) is 0 Å². The maximum atomic E-state index is 13.3. The first-order valence-corrected chi connectivity index (χ1v) is 14.0. The monoisotopic (exact) mass is 499 g/mol. The Kier molecular flexibility index (Phi) is 6.14. The second-order valence-electron chi connectivity index (χ2n) is 10.4. The third-order valence-electron chi connectivity index (χ3n) is 7.97. The van der Waals surface area contributed by atoms with Crippen LogP contribution in [0.5, 0.6) is 0 Å². The molecule has 1 aromatic rings. The van der Waals surface area contributed by atoms with E-state index < -0.39 is 10.0 Å². The van der Waals surface area contributed by atoms with Gasteiger partial charge in [0, 0.05) is 29.7 Å². The highest BCUT2D eigenvalue weighted by Crippen LogP contribution is 2.55. The first kappa shape index (κ1) is 22.8. The van der Waals surface area contributed by atoms with Crippen molar-refractivity contribution in [2.75, 3.05) is 13.1 Å². The molecule has 2 N–H and O–H groups in total. The van der Waals surface area contributed by atoms with Crippen LogP contribution in [-0.2, 0) is 10.0 Å². The van der Waals surface area contributed by atoms with Crippen LogP contribution in [0.25, 0.3) is 0 Å². The molecule has 4 saturated carbocycles. The largest absolute Gasteiger partial charge is 0.337 e. The highest BCUT2D eigenvalue weighted by Gasteiger charge is 2.51. The van der Waals surface area contributed by atoms with Gasteiger partial charge in [0.25, 0.3) is 0 Å². The summed E-state index contributed by atoms with van der Waals surface area (Å²) >= 11 is 12.2. The Hall–Kier alpha value is -1.02. The van der Waals surface area contributed by atoms with E-state index >= 15 is 0 Å². The van der Waals surface area contributed by atoms with Gasteiger partial charge >= 0.3 is 6.03 Å². The van der Waals surface area contributed by atoms with Crippen molar-refractivity contribution in [1.29, 1.82) is 0 Å². The standard InChI is InChI=1S/C23H31Cl2N3O3S/c24-18-4-5-21(20(25)10-18)32(30,31)28-6-2-1-3-19(28)14-26-22(29)27-23-11-15-7-16(12-23)9-17(8-15)13-23/h4-5,10,15-17,19H,1-3,6-9,11-14H2,(H2,26,27,29). The van der Waals surface area contributed by atoms with Gasteiger partial charge in [0.1, 0.15) is 4.90 Å². The summed E-state index contributed by atoms with van der Waals surface area (Å²) in [4.78, 5) is 12.9. The van der Waals surface area contributed by atoms with E-state index in [1.165, 1.54) is 41.8 Å². The summed E-state index contributed by atoms with van der Waals surface area (Å²) in [7, 11) is -3.78. The van der Waals surface area contributed by atoms with Crippen LogP contribution in [0.15, 0.2) is 23.1 Å². The molecule has 1 heterocycles. The maximum absolute atomic E-state index is 13.3. The molecule has 2 amide bonds. The SMILES string of the molecule is O=C(NCC1CCCCN1S(=O)(=O)c1ccc(Cl)cc1Cl)NC12CC3CC(CC(C3)C1)C2. The fourth-order valence-corrected chi connectivity index (χ4v) is 9.51. The lowest BCUT2D eigenvalue weighted by Gasteiger charge is -2.56.